The average Bonchev–Trinajstić information content (AvgIpc) is 2.99. The van der Waals surface area contributed by atoms with Crippen LogP contribution in [0.3, 0.4) is 0 Å². The number of hydrogen-bond donors (Lipinski definition) is 1. The van der Waals surface area contributed by atoms with E-state index in [1.54, 1.807) is 54.2 Å². The minimum atomic E-state index is -0.204. The lowest BCUT2D eigenvalue weighted by molar-refractivity contribution is -0.121. The maximum absolute atomic E-state index is 12.3. The van der Waals surface area contributed by atoms with Crippen molar-refractivity contribution >= 4 is 40.4 Å². The molecule has 0 atom stereocenters. The number of nitrogens with zero attached hydrogens (tertiary/aromatic N) is 3. The largest absolute Gasteiger partial charge is 0.482 e. The van der Waals surface area contributed by atoms with E-state index in [0.717, 1.165) is 5.65 Å². The number of halogens is 1. The number of rotatable bonds is 3. The molecule has 1 aliphatic rings. The number of anilines is 2. The zero-order valence-corrected chi connectivity index (χ0v) is 14.7. The lowest BCUT2D eigenvalue weighted by Crippen LogP contribution is -2.35. The average molecular weight is 371 g/mol. The number of hydrogen-bond acceptors (Lipinski definition) is 4. The molecule has 132 valence electrons. The molecule has 7 nitrogen and oxygen atoms in total. The van der Waals surface area contributed by atoms with Gasteiger partial charge in [-0.15, -0.1) is 0 Å². The number of likely N-dealkylation sites (N-methyl/N-ethyl adjacent to an activating group) is 1. The zero-order chi connectivity index (χ0) is 18.3. The topological polar surface area (TPSA) is 75.9 Å². The van der Waals surface area contributed by atoms with Gasteiger partial charge in [0.15, 0.2) is 6.61 Å². The first-order valence-corrected chi connectivity index (χ1v) is 8.34. The van der Waals surface area contributed by atoms with Crippen LogP contribution in [0.4, 0.5) is 11.4 Å². The maximum atomic E-state index is 12.3. The molecule has 1 N–H and O–H groups in total. The smallest absolute Gasteiger partial charge is 0.264 e. The van der Waals surface area contributed by atoms with E-state index in [-0.39, 0.29) is 24.8 Å². The lowest BCUT2D eigenvalue weighted by Gasteiger charge is -2.26. The molecule has 1 aromatic carbocycles. The highest BCUT2D eigenvalue weighted by molar-refractivity contribution is 6.30. The predicted octanol–water partition coefficient (Wildman–Crippen LogP) is 2.52. The summed E-state index contributed by atoms with van der Waals surface area (Å²) in [6, 6.07) is 8.74. The van der Waals surface area contributed by atoms with Crippen LogP contribution in [0.1, 0.15) is 5.69 Å². The summed E-state index contributed by atoms with van der Waals surface area (Å²) < 4.78 is 7.16. The third-order valence-corrected chi connectivity index (χ3v) is 4.36. The molecule has 0 saturated carbocycles. The van der Waals surface area contributed by atoms with Crippen LogP contribution in [0, 0.1) is 0 Å². The van der Waals surface area contributed by atoms with Gasteiger partial charge >= 0.3 is 0 Å². The minimum absolute atomic E-state index is 0.0209. The second kappa shape index (κ2) is 6.34. The molecule has 3 aromatic rings. The van der Waals surface area contributed by atoms with Crippen LogP contribution in [-0.4, -0.2) is 34.9 Å². The van der Waals surface area contributed by atoms with Crippen LogP contribution in [0.25, 0.3) is 5.65 Å². The van der Waals surface area contributed by atoms with E-state index in [1.165, 1.54) is 4.90 Å². The van der Waals surface area contributed by atoms with Gasteiger partial charge in [-0.1, -0.05) is 11.6 Å². The summed E-state index contributed by atoms with van der Waals surface area (Å²) in [5.74, 6) is 0.275. The highest BCUT2D eigenvalue weighted by Crippen LogP contribution is 2.33. The van der Waals surface area contributed by atoms with Crippen molar-refractivity contribution in [3.05, 3.63) is 53.4 Å². The van der Waals surface area contributed by atoms with Crippen molar-refractivity contribution in [2.24, 2.45) is 0 Å². The molecule has 0 spiro atoms. The summed E-state index contributed by atoms with van der Waals surface area (Å²) in [5, 5.41) is 3.42. The van der Waals surface area contributed by atoms with E-state index >= 15 is 0 Å². The molecule has 0 radical (unpaired) electrons. The first-order valence-electron chi connectivity index (χ1n) is 7.96. The van der Waals surface area contributed by atoms with Crippen molar-refractivity contribution in [1.82, 2.24) is 9.38 Å². The third-order valence-electron chi connectivity index (χ3n) is 4.14. The first kappa shape index (κ1) is 16.4. The molecule has 2 aromatic heterocycles. The zero-order valence-electron chi connectivity index (χ0n) is 13.9. The maximum Gasteiger partial charge on any atom is 0.264 e. The molecule has 26 heavy (non-hydrogen) atoms. The van der Waals surface area contributed by atoms with Gasteiger partial charge in [0.1, 0.15) is 11.4 Å². The molecule has 0 saturated heterocycles. The Morgan fingerprint density at radius 3 is 3.00 bits per heavy atom. The summed E-state index contributed by atoms with van der Waals surface area (Å²) in [6.45, 7) is 0.0209. The number of carbonyl (C=O) groups is 2. The molecule has 0 aliphatic carbocycles. The second-order valence-electron chi connectivity index (χ2n) is 5.99. The van der Waals surface area contributed by atoms with Crippen molar-refractivity contribution in [2.45, 2.75) is 6.42 Å². The molecule has 0 fully saturated rings. The minimum Gasteiger partial charge on any atom is -0.482 e. The summed E-state index contributed by atoms with van der Waals surface area (Å²) in [5.41, 5.74) is 2.58. The molecule has 0 bridgehead atoms. The molecular formula is C18H15ClN4O3. The standard InChI is InChI=1S/C18H15ClN4O3/c1-22-14-6-12(3-4-15(14)26-10-18(22)25)21-17(24)7-13-9-23-8-11(19)2-5-16(23)20-13/h2-6,8-9H,7,10H2,1H3,(H,21,24). The number of nitrogens with one attached hydrogen (secondary N) is 1. The van der Waals surface area contributed by atoms with Crippen molar-refractivity contribution in [3.8, 4) is 5.75 Å². The Labute approximate surface area is 154 Å². The normalized spacial score (nSPS) is 13.5. The summed E-state index contributed by atoms with van der Waals surface area (Å²) in [4.78, 5) is 30.0. The Morgan fingerprint density at radius 1 is 1.31 bits per heavy atom. The molecule has 3 heterocycles. The van der Waals surface area contributed by atoms with E-state index < -0.39 is 0 Å². The van der Waals surface area contributed by atoms with Crippen LogP contribution in [-0.2, 0) is 16.0 Å². The number of imidazole rings is 1. The molecule has 8 heteroatoms. The van der Waals surface area contributed by atoms with Crippen LogP contribution in [0.2, 0.25) is 5.02 Å². The van der Waals surface area contributed by atoms with Gasteiger partial charge in [0, 0.05) is 25.1 Å². The van der Waals surface area contributed by atoms with Crippen LogP contribution in [0.15, 0.2) is 42.7 Å². The number of aromatic nitrogens is 2. The molecule has 1 aliphatic heterocycles. The summed E-state index contributed by atoms with van der Waals surface area (Å²) >= 11 is 5.95. The predicted molar refractivity (Wildman–Crippen MR) is 97.9 cm³/mol. The fourth-order valence-electron chi connectivity index (χ4n) is 2.82. The number of amides is 2. The highest BCUT2D eigenvalue weighted by Gasteiger charge is 2.22. The Bertz CT molecular complexity index is 1030. The Morgan fingerprint density at radius 2 is 2.15 bits per heavy atom. The second-order valence-corrected chi connectivity index (χ2v) is 6.43. The van der Waals surface area contributed by atoms with Gasteiger partial charge in [0.2, 0.25) is 5.91 Å². The number of fused-ring (bicyclic) bond motifs is 2. The number of pyridine rings is 1. The van der Waals surface area contributed by atoms with Gasteiger partial charge in [-0.3, -0.25) is 9.59 Å². The van der Waals surface area contributed by atoms with Crippen molar-refractivity contribution in [3.63, 3.8) is 0 Å². The van der Waals surface area contributed by atoms with Gasteiger partial charge in [-0.2, -0.15) is 0 Å². The van der Waals surface area contributed by atoms with E-state index in [1.807, 2.05) is 0 Å². The van der Waals surface area contributed by atoms with Crippen molar-refractivity contribution in [1.29, 1.82) is 0 Å². The van der Waals surface area contributed by atoms with Crippen molar-refractivity contribution in [2.75, 3.05) is 23.9 Å². The van der Waals surface area contributed by atoms with Gasteiger partial charge in [-0.05, 0) is 30.3 Å². The fraction of sp³-hybridized carbons (Fsp3) is 0.167. The first-order chi connectivity index (χ1) is 12.5. The Balaban J connectivity index is 1.50. The Hall–Kier alpha value is -3.06. The molecular weight excluding hydrogens is 356 g/mol. The van der Waals surface area contributed by atoms with Crippen LogP contribution >= 0.6 is 11.6 Å². The summed E-state index contributed by atoms with van der Waals surface area (Å²) in [7, 11) is 1.68. The number of benzene rings is 1. The van der Waals surface area contributed by atoms with E-state index in [0.29, 0.717) is 27.8 Å². The molecule has 0 unspecified atom stereocenters. The number of carbonyl (C=O) groups excluding carboxylic acids is 2. The van der Waals surface area contributed by atoms with Gasteiger partial charge in [0.05, 0.1) is 22.8 Å². The van der Waals surface area contributed by atoms with Gasteiger partial charge < -0.3 is 19.4 Å². The Kier molecular flexibility index (Phi) is 4.00. The van der Waals surface area contributed by atoms with Gasteiger partial charge in [0.25, 0.3) is 5.91 Å². The van der Waals surface area contributed by atoms with Crippen LogP contribution < -0.4 is 15.0 Å². The monoisotopic (exact) mass is 370 g/mol. The summed E-state index contributed by atoms with van der Waals surface area (Å²) in [6.07, 6.45) is 3.64. The van der Waals surface area contributed by atoms with E-state index in [2.05, 4.69) is 10.3 Å². The lowest BCUT2D eigenvalue weighted by atomic mass is 10.2. The molecule has 2 amide bonds. The SMILES string of the molecule is CN1C(=O)COc2ccc(NC(=O)Cc3cn4cc(Cl)ccc4n3)cc21. The van der Waals surface area contributed by atoms with Gasteiger partial charge in [-0.25, -0.2) is 4.98 Å². The fourth-order valence-corrected chi connectivity index (χ4v) is 2.99. The van der Waals surface area contributed by atoms with E-state index in [4.69, 9.17) is 16.3 Å². The van der Waals surface area contributed by atoms with Crippen LogP contribution in [0.5, 0.6) is 5.75 Å². The van der Waals surface area contributed by atoms with E-state index in [9.17, 15) is 9.59 Å². The number of ether oxygens (including phenoxy) is 1. The van der Waals surface area contributed by atoms with Crippen molar-refractivity contribution < 1.29 is 14.3 Å². The quantitative estimate of drug-likeness (QED) is 0.768. The third kappa shape index (κ3) is 3.09. The highest BCUT2D eigenvalue weighted by atomic mass is 35.5. The molecule has 4 rings (SSSR count).